The van der Waals surface area contributed by atoms with Crippen molar-refractivity contribution in [2.24, 2.45) is 61.7 Å². The van der Waals surface area contributed by atoms with Crippen molar-refractivity contribution in [3.8, 4) is 5.75 Å². The molecule has 4 aliphatic carbocycles. The first-order valence-corrected chi connectivity index (χ1v) is 58.5. The number of anilines is 8. The van der Waals surface area contributed by atoms with Crippen LogP contribution in [-0.2, 0) is 128 Å². The van der Waals surface area contributed by atoms with Crippen LogP contribution in [-0.4, -0.2) is 152 Å². The molecular weight excluding hydrogens is 2090 g/mol. The van der Waals surface area contributed by atoms with E-state index in [1.807, 2.05) is 30.7 Å². The van der Waals surface area contributed by atoms with E-state index in [-0.39, 0.29) is 52.7 Å². The van der Waals surface area contributed by atoms with E-state index in [0.29, 0.717) is 44.5 Å². The van der Waals surface area contributed by atoms with Crippen LogP contribution in [0.15, 0.2) is 189 Å². The van der Waals surface area contributed by atoms with Crippen molar-refractivity contribution in [2.75, 3.05) is 44.9 Å². The zero-order valence-corrected chi connectivity index (χ0v) is 85.6. The number of halogens is 2. The summed E-state index contributed by atoms with van der Waals surface area (Å²) in [4.78, 5) is 15.3. The summed E-state index contributed by atoms with van der Waals surface area (Å²) in [6.45, 7) is 10.2. The van der Waals surface area contributed by atoms with Gasteiger partial charge in [-0.05, 0) is 183 Å². The summed E-state index contributed by atoms with van der Waals surface area (Å²) in [6, 6.07) is 42.6. The van der Waals surface area contributed by atoms with E-state index in [9.17, 15) is 101 Å². The normalized spacial score (nSPS) is 14.2. The average molecular weight is 2210 g/mol. The first-order chi connectivity index (χ1) is 62.6. The SMILES string of the molecule is CC(C)(C)c1ccc(NS(N)(=O)=O)nc1.CC(C)c1ccc(NS(N)(=O)=O)nc1.COc1ccc(NS(N)(=O)=O)cc1.NS(=O)(=O)NC1CC1.NS(=O)(=O)NC1CCC1.NS(=O)(=O)NC1CCCC1.NS(=O)(=O)NC1CCCCC1.NS(=O)(=O)Nc1ccc(Cl)cc1.NS(=O)(=O)Nc1ccccc1.NS(=O)(=O)Nc1ccccc1Cl.NS(=O)(=O)Nc1ccccn1.NS(=O)(=O)Nc1cccnc1. The number of pyridine rings is 4. The molecule has 0 aliphatic heterocycles. The zero-order chi connectivity index (χ0) is 105. The number of hydrogen-bond donors (Lipinski definition) is 24. The Kier molecular flexibility index (Phi) is 54.2. The van der Waals surface area contributed by atoms with E-state index in [2.05, 4.69) is 103 Å². The van der Waals surface area contributed by atoms with Crippen molar-refractivity contribution in [1.29, 1.82) is 0 Å². The fourth-order valence-corrected chi connectivity index (χ4v) is 16.7. The Morgan fingerprint density at radius 1 is 0.314 bits per heavy atom. The molecule has 774 valence electrons. The molecule has 4 heterocycles. The molecule has 8 aromatic rings. The minimum absolute atomic E-state index is 0.00683. The second kappa shape index (κ2) is 58.9. The largest absolute Gasteiger partial charge is 0.497 e. The average Bonchev–Trinajstić information content (AvgIpc) is 1.82. The van der Waals surface area contributed by atoms with Gasteiger partial charge in [-0.15, -0.1) is 0 Å². The number of aromatic nitrogens is 4. The second-order valence-corrected chi connectivity index (χ2v) is 46.4. The number of rotatable bonds is 26. The number of methoxy groups -OCH3 is 1. The molecule has 0 amide bonds. The number of para-hydroxylation sites is 2. The van der Waals surface area contributed by atoms with Gasteiger partial charge in [0.05, 0.1) is 29.7 Å². The van der Waals surface area contributed by atoms with Gasteiger partial charge in [-0.25, -0.2) is 76.6 Å². The van der Waals surface area contributed by atoms with E-state index >= 15 is 0 Å². The summed E-state index contributed by atoms with van der Waals surface area (Å²) >= 11 is 11.2. The summed E-state index contributed by atoms with van der Waals surface area (Å²) in [7, 11) is -41.8. The second-order valence-electron chi connectivity index (χ2n) is 29.9. The molecule has 0 atom stereocenters. The maximum Gasteiger partial charge on any atom is 0.297 e. The first kappa shape index (κ1) is 126. The highest BCUT2D eigenvalue weighted by Gasteiger charge is 2.25. The Bertz CT molecular complexity index is 6280. The van der Waals surface area contributed by atoms with E-state index in [1.165, 1.54) is 56.4 Å². The van der Waals surface area contributed by atoms with Crippen molar-refractivity contribution >= 4 is 192 Å². The number of benzene rings is 4. The van der Waals surface area contributed by atoms with Gasteiger partial charge in [-0.1, -0.05) is 145 Å². The van der Waals surface area contributed by atoms with Crippen molar-refractivity contribution in [2.45, 2.75) is 160 Å². The molecule has 4 aromatic carbocycles. The van der Waals surface area contributed by atoms with Gasteiger partial charge in [0.15, 0.2) is 0 Å². The van der Waals surface area contributed by atoms with Crippen LogP contribution in [0.1, 0.15) is 142 Å². The van der Waals surface area contributed by atoms with E-state index < -0.39 is 123 Å². The highest BCUT2D eigenvalue weighted by atomic mass is 35.5. The van der Waals surface area contributed by atoms with Crippen LogP contribution in [0.25, 0.3) is 0 Å². The first-order valence-electron chi connectivity index (χ1n) is 39.2. The highest BCUT2D eigenvalue weighted by Crippen LogP contribution is 2.25. The fraction of sp³-hybridized carbons (Fsp3) is 0.371. The van der Waals surface area contributed by atoms with Crippen LogP contribution in [0.3, 0.4) is 0 Å². The monoisotopic (exact) mass is 2200 g/mol. The molecule has 67 heteroatoms. The Balaban J connectivity index is 0.000000749. The summed E-state index contributed by atoms with van der Waals surface area (Å²) < 4.78 is 283. The molecule has 0 saturated heterocycles. The summed E-state index contributed by atoms with van der Waals surface area (Å²) in [5.41, 5.74) is 3.97. The van der Waals surface area contributed by atoms with Gasteiger partial charge in [0.1, 0.15) is 23.2 Å². The van der Waals surface area contributed by atoms with E-state index in [1.54, 1.807) is 134 Å². The van der Waals surface area contributed by atoms with Crippen molar-refractivity contribution < 1.29 is 106 Å². The van der Waals surface area contributed by atoms with E-state index in [0.717, 1.165) is 94.6 Å². The predicted molar refractivity (Wildman–Crippen MR) is 531 cm³/mol. The van der Waals surface area contributed by atoms with Gasteiger partial charge >= 0.3 is 0 Å². The van der Waals surface area contributed by atoms with Crippen molar-refractivity contribution in [3.05, 3.63) is 210 Å². The van der Waals surface area contributed by atoms with Gasteiger partial charge < -0.3 is 4.74 Å². The standard InChI is InChI=1S/C9H15N3O2S.C8H13N3O2S.C7H10N2O3S.2C6H7ClN2O2S.C6H14N2O2S.C6H8N2O2S.2C5H7N3O2S.C5H12N2O2S.C4H10N2O2S.C3H8N2O2S/c1-9(2,3)7-4-5-8(11-6-7)12-15(10,13)14;1-6(2)7-3-4-8(10-5-7)11-14(9,12)13;1-12-7-4-2-6(3-5-7)9-13(8,10)11;7-5-1-3-6(4-2-5)9-12(8,10)11;7-5-3-1-2-4-6(5)9-12(8,10)11;2*7-11(9,10)8-6-4-2-1-3-5-6;6-11(9,10)8-5-2-1-3-7-4-5;6-11(9,10)8-5-3-1-2-4-7-5;6-10(8,9)7-5-3-1-2-4-5;5-9(7,8)6-4-2-1-3-4;4-8(6,7)5-3-1-2-3/h4-6H,1-3H3,(H,11,12)(H2,10,13,14);3-6H,1-2H3,(H,10,11)(H2,9,12,13);2-5,9H,1H3,(H2,8,10,11);2*1-4,9H,(H2,8,10,11);6,8H,1-5H2,(H2,7,9,10);1-5,8H,(H2,7,9,10);1-4,8H,(H2,6,9,10);1-4H,(H,7,8)(H2,6,9,10);5,7H,1-4H2,(H2,6,8,9);4,6H,1-3H2,(H2,5,7,8);3,5H,1-2H2,(H2,4,6,7). The number of nitrogens with one attached hydrogen (secondary N) is 12. The molecule has 53 nitrogen and oxygen atoms in total. The molecule has 0 unspecified atom stereocenters. The van der Waals surface area contributed by atoms with Crippen LogP contribution < -0.4 is 123 Å². The molecule has 4 saturated carbocycles. The number of ether oxygens (including phenoxy) is 1. The molecule has 36 N–H and O–H groups in total. The van der Waals surface area contributed by atoms with Crippen LogP contribution in [0.2, 0.25) is 10.0 Å². The topological polar surface area (TPSA) is 927 Å². The third kappa shape index (κ3) is 75.6. The molecule has 4 aromatic heterocycles. The van der Waals surface area contributed by atoms with Crippen molar-refractivity contribution in [3.63, 3.8) is 0 Å². The zero-order valence-electron chi connectivity index (χ0n) is 74.3. The lowest BCUT2D eigenvalue weighted by Gasteiger charge is -2.24. The quantitative estimate of drug-likeness (QED) is 0.0368. The molecule has 4 fully saturated rings. The lowest BCUT2D eigenvalue weighted by Crippen LogP contribution is -2.42. The maximum absolute atomic E-state index is 10.7. The smallest absolute Gasteiger partial charge is 0.297 e. The van der Waals surface area contributed by atoms with Crippen LogP contribution in [0, 0.1) is 0 Å². The van der Waals surface area contributed by atoms with Gasteiger partial charge in [-0.3, -0.25) is 42.8 Å². The third-order valence-corrected chi connectivity index (χ3v) is 23.3. The Morgan fingerprint density at radius 2 is 0.650 bits per heavy atom. The number of hydrogen-bond acceptors (Lipinski definition) is 29. The summed E-state index contributed by atoms with van der Waals surface area (Å²) in [5, 5.41) is 57.8. The Labute approximate surface area is 811 Å². The lowest BCUT2D eigenvalue weighted by atomic mass is 9.88. The predicted octanol–water partition coefficient (Wildman–Crippen LogP) is 1.84. The Hall–Kier alpha value is -8.98. The lowest BCUT2D eigenvalue weighted by molar-refractivity contribution is 0.383. The van der Waals surface area contributed by atoms with Gasteiger partial charge in [-0.2, -0.15) is 120 Å². The van der Waals surface area contributed by atoms with Gasteiger partial charge in [0, 0.05) is 71.0 Å². The van der Waals surface area contributed by atoms with Gasteiger partial charge in [0.25, 0.3) is 123 Å². The highest BCUT2D eigenvalue weighted by molar-refractivity contribution is 7.92. The molecule has 0 spiro atoms. The molecule has 12 rings (SSSR count). The number of nitrogens with zero attached hydrogens (tertiary/aromatic N) is 4. The van der Waals surface area contributed by atoms with Crippen LogP contribution >= 0.6 is 23.2 Å². The molecule has 4 aliphatic rings. The molecular formula is C70H118Cl2N28O25S12. The third-order valence-electron chi connectivity index (χ3n) is 16.0. The molecule has 137 heavy (non-hydrogen) atoms. The summed E-state index contributed by atoms with van der Waals surface area (Å²) in [6.07, 6.45) is 21.8. The maximum atomic E-state index is 10.7. The van der Waals surface area contributed by atoms with Crippen LogP contribution in [0.5, 0.6) is 5.75 Å². The minimum atomic E-state index is -3.74. The van der Waals surface area contributed by atoms with Gasteiger partial charge in [0.2, 0.25) is 0 Å². The number of nitrogens with two attached hydrogens (primary N) is 12. The van der Waals surface area contributed by atoms with E-state index in [4.69, 9.17) is 79.3 Å². The van der Waals surface area contributed by atoms with Crippen LogP contribution in [0.4, 0.5) is 45.9 Å². The van der Waals surface area contributed by atoms with Crippen molar-refractivity contribution in [1.82, 2.24) is 38.8 Å². The summed E-state index contributed by atoms with van der Waals surface area (Å²) in [5.74, 6) is 1.70. The Morgan fingerprint density at radius 3 is 0.949 bits per heavy atom. The fourth-order valence-electron chi connectivity index (χ4n) is 9.95. The molecule has 0 radical (unpaired) electrons. The minimum Gasteiger partial charge on any atom is -0.497 e. The molecule has 0 bridgehead atoms.